The van der Waals surface area contributed by atoms with Crippen molar-refractivity contribution in [1.82, 2.24) is 0 Å². The van der Waals surface area contributed by atoms with E-state index < -0.39 is 11.0 Å². The van der Waals surface area contributed by atoms with E-state index in [0.29, 0.717) is 17.1 Å². The van der Waals surface area contributed by atoms with E-state index in [1.54, 1.807) is 25.1 Å². The Morgan fingerprint density at radius 2 is 1.79 bits per heavy atom. The van der Waals surface area contributed by atoms with Gasteiger partial charge >= 0.3 is 0 Å². The summed E-state index contributed by atoms with van der Waals surface area (Å²) >= 11 is 0. The Morgan fingerprint density at radius 3 is 2.37 bits per heavy atom. The molecule has 19 heavy (non-hydrogen) atoms. The summed E-state index contributed by atoms with van der Waals surface area (Å²) in [6, 6.07) is 12.9. The van der Waals surface area contributed by atoms with Gasteiger partial charge in [0.2, 0.25) is 0 Å². The quantitative estimate of drug-likeness (QED) is 0.674. The third-order valence-electron chi connectivity index (χ3n) is 2.64. The summed E-state index contributed by atoms with van der Waals surface area (Å²) < 4.78 is 5.62. The maximum atomic E-state index is 10.5. The highest BCUT2D eigenvalue weighted by molar-refractivity contribution is 5.41. The molecule has 1 unspecified atom stereocenters. The van der Waals surface area contributed by atoms with Gasteiger partial charge in [-0.25, -0.2) is 0 Å². The molecule has 2 aromatic carbocycles. The molecule has 1 N–H and O–H groups in total. The molecule has 0 heterocycles. The van der Waals surface area contributed by atoms with Crippen LogP contribution >= 0.6 is 0 Å². The highest BCUT2D eigenvalue weighted by atomic mass is 16.6. The van der Waals surface area contributed by atoms with Gasteiger partial charge < -0.3 is 9.84 Å². The summed E-state index contributed by atoms with van der Waals surface area (Å²) in [6.45, 7) is 1.65. The maximum Gasteiger partial charge on any atom is 0.269 e. The molecule has 0 aliphatic heterocycles. The molecule has 0 bridgehead atoms. The number of aliphatic hydroxyl groups is 1. The topological polar surface area (TPSA) is 72.6 Å². The zero-order valence-corrected chi connectivity index (χ0v) is 10.3. The Bertz CT molecular complexity index is 578. The Balaban J connectivity index is 2.24. The fourth-order valence-electron chi connectivity index (χ4n) is 1.68. The molecular weight excluding hydrogens is 246 g/mol. The van der Waals surface area contributed by atoms with Crippen LogP contribution in [0.25, 0.3) is 0 Å². The van der Waals surface area contributed by atoms with Gasteiger partial charge in [-0.05, 0) is 25.1 Å². The predicted molar refractivity (Wildman–Crippen MR) is 70.2 cm³/mol. The zero-order chi connectivity index (χ0) is 13.8. The minimum Gasteiger partial charge on any atom is -0.457 e. The Labute approximate surface area is 110 Å². The van der Waals surface area contributed by atoms with Crippen molar-refractivity contribution in [2.45, 2.75) is 13.0 Å². The molecule has 0 saturated carbocycles. The first-order valence-corrected chi connectivity index (χ1v) is 5.77. The molecule has 0 aromatic heterocycles. The van der Waals surface area contributed by atoms with Crippen molar-refractivity contribution >= 4 is 5.69 Å². The van der Waals surface area contributed by atoms with Crippen molar-refractivity contribution in [3.8, 4) is 11.5 Å². The van der Waals surface area contributed by atoms with Gasteiger partial charge in [-0.1, -0.05) is 18.2 Å². The van der Waals surface area contributed by atoms with Crippen molar-refractivity contribution in [2.75, 3.05) is 0 Å². The molecule has 0 aliphatic rings. The third-order valence-corrected chi connectivity index (χ3v) is 2.64. The number of nitrogens with zero attached hydrogens (tertiary/aromatic N) is 1. The van der Waals surface area contributed by atoms with E-state index in [0.717, 1.165) is 0 Å². The lowest BCUT2D eigenvalue weighted by Crippen LogP contribution is -1.95. The molecule has 0 amide bonds. The lowest BCUT2D eigenvalue weighted by atomic mass is 10.1. The molecule has 0 aliphatic carbocycles. The van der Waals surface area contributed by atoms with E-state index in [1.165, 1.54) is 24.3 Å². The predicted octanol–water partition coefficient (Wildman–Crippen LogP) is 3.44. The van der Waals surface area contributed by atoms with Crippen LogP contribution in [-0.2, 0) is 0 Å². The van der Waals surface area contributed by atoms with Gasteiger partial charge in [0.1, 0.15) is 11.5 Å². The van der Waals surface area contributed by atoms with Gasteiger partial charge in [0.05, 0.1) is 11.0 Å². The van der Waals surface area contributed by atoms with Crippen molar-refractivity contribution < 1.29 is 14.8 Å². The van der Waals surface area contributed by atoms with E-state index >= 15 is 0 Å². The fraction of sp³-hybridized carbons (Fsp3) is 0.143. The molecular formula is C14H13NO4. The number of benzene rings is 2. The Hall–Kier alpha value is -2.40. The van der Waals surface area contributed by atoms with Crippen LogP contribution in [-0.4, -0.2) is 10.0 Å². The summed E-state index contributed by atoms with van der Waals surface area (Å²) in [5.41, 5.74) is 0.678. The SMILES string of the molecule is CC(O)c1ccccc1Oc1ccc([N+](=O)[O-])cc1. The summed E-state index contributed by atoms with van der Waals surface area (Å²) in [5.74, 6) is 1.02. The average molecular weight is 259 g/mol. The summed E-state index contributed by atoms with van der Waals surface area (Å²) in [6.07, 6.45) is -0.644. The van der Waals surface area contributed by atoms with Gasteiger partial charge in [-0.3, -0.25) is 10.1 Å². The first kappa shape index (κ1) is 13.0. The molecule has 0 saturated heterocycles. The standard InChI is InChI=1S/C14H13NO4/c1-10(16)13-4-2-3-5-14(13)19-12-8-6-11(7-9-12)15(17)18/h2-10,16H,1H3. The van der Waals surface area contributed by atoms with Crippen LogP contribution in [0.3, 0.4) is 0 Å². The second-order valence-corrected chi connectivity index (χ2v) is 4.07. The molecule has 5 heteroatoms. The van der Waals surface area contributed by atoms with Crippen LogP contribution in [0.15, 0.2) is 48.5 Å². The number of nitro groups is 1. The minimum atomic E-state index is -0.644. The zero-order valence-electron chi connectivity index (χ0n) is 10.3. The highest BCUT2D eigenvalue weighted by Gasteiger charge is 2.10. The van der Waals surface area contributed by atoms with Crippen molar-refractivity contribution in [1.29, 1.82) is 0 Å². The van der Waals surface area contributed by atoms with Gasteiger partial charge in [-0.2, -0.15) is 0 Å². The van der Waals surface area contributed by atoms with Crippen LogP contribution in [0.5, 0.6) is 11.5 Å². The minimum absolute atomic E-state index is 0.0103. The number of hydrogen-bond donors (Lipinski definition) is 1. The van der Waals surface area contributed by atoms with Crippen molar-refractivity contribution in [3.05, 3.63) is 64.2 Å². The Kier molecular flexibility index (Phi) is 3.77. The van der Waals surface area contributed by atoms with Crippen molar-refractivity contribution in [2.24, 2.45) is 0 Å². The summed E-state index contributed by atoms with van der Waals surface area (Å²) in [4.78, 5) is 10.1. The van der Waals surface area contributed by atoms with Gasteiger partial charge in [0.25, 0.3) is 5.69 Å². The van der Waals surface area contributed by atoms with E-state index in [1.807, 2.05) is 6.07 Å². The van der Waals surface area contributed by atoms with Gasteiger partial charge in [-0.15, -0.1) is 0 Å². The van der Waals surface area contributed by atoms with Crippen LogP contribution < -0.4 is 4.74 Å². The fourth-order valence-corrected chi connectivity index (χ4v) is 1.68. The maximum absolute atomic E-state index is 10.5. The lowest BCUT2D eigenvalue weighted by Gasteiger charge is -2.12. The number of non-ortho nitro benzene ring substituents is 1. The van der Waals surface area contributed by atoms with E-state index in [4.69, 9.17) is 4.74 Å². The molecule has 2 aromatic rings. The largest absolute Gasteiger partial charge is 0.457 e. The smallest absolute Gasteiger partial charge is 0.269 e. The summed E-state index contributed by atoms with van der Waals surface area (Å²) in [5, 5.41) is 20.2. The second kappa shape index (κ2) is 5.49. The Morgan fingerprint density at radius 1 is 1.16 bits per heavy atom. The molecule has 1 atom stereocenters. The number of rotatable bonds is 4. The monoisotopic (exact) mass is 259 g/mol. The first-order valence-electron chi connectivity index (χ1n) is 5.77. The van der Waals surface area contributed by atoms with Crippen LogP contribution in [0.4, 0.5) is 5.69 Å². The van der Waals surface area contributed by atoms with Crippen LogP contribution in [0, 0.1) is 10.1 Å². The number of hydrogen-bond acceptors (Lipinski definition) is 4. The van der Waals surface area contributed by atoms with Crippen LogP contribution in [0.1, 0.15) is 18.6 Å². The highest BCUT2D eigenvalue weighted by Crippen LogP contribution is 2.30. The lowest BCUT2D eigenvalue weighted by molar-refractivity contribution is -0.384. The molecule has 0 spiro atoms. The summed E-state index contributed by atoms with van der Waals surface area (Å²) in [7, 11) is 0. The first-order chi connectivity index (χ1) is 9.08. The number of aliphatic hydroxyl groups excluding tert-OH is 1. The molecule has 5 nitrogen and oxygen atoms in total. The molecule has 98 valence electrons. The normalized spacial score (nSPS) is 11.9. The molecule has 0 fully saturated rings. The van der Waals surface area contributed by atoms with Gasteiger partial charge in [0, 0.05) is 17.7 Å². The number of para-hydroxylation sites is 1. The van der Waals surface area contributed by atoms with Crippen molar-refractivity contribution in [3.63, 3.8) is 0 Å². The number of nitro benzene ring substituents is 1. The average Bonchev–Trinajstić information content (AvgIpc) is 2.39. The van der Waals surface area contributed by atoms with Crippen LogP contribution in [0.2, 0.25) is 0 Å². The molecule has 2 rings (SSSR count). The van der Waals surface area contributed by atoms with E-state index in [2.05, 4.69) is 0 Å². The third kappa shape index (κ3) is 3.08. The van der Waals surface area contributed by atoms with Gasteiger partial charge in [0.15, 0.2) is 0 Å². The van der Waals surface area contributed by atoms with E-state index in [-0.39, 0.29) is 5.69 Å². The van der Waals surface area contributed by atoms with E-state index in [9.17, 15) is 15.2 Å². The molecule has 0 radical (unpaired) electrons. The second-order valence-electron chi connectivity index (χ2n) is 4.07. The number of ether oxygens (including phenoxy) is 1.